The van der Waals surface area contributed by atoms with E-state index in [9.17, 15) is 0 Å². The molecule has 0 saturated carbocycles. The van der Waals surface area contributed by atoms with Gasteiger partial charge in [-0.25, -0.2) is 0 Å². The van der Waals surface area contributed by atoms with Gasteiger partial charge in [-0.3, -0.25) is 16.3 Å². The first kappa shape index (κ1) is 13.7. The van der Waals surface area contributed by atoms with Gasteiger partial charge in [-0.1, -0.05) is 29.8 Å². The Morgan fingerprint density at radius 3 is 2.53 bits per heavy atom. The number of nitrogens with zero attached hydrogens (tertiary/aromatic N) is 1. The van der Waals surface area contributed by atoms with Crippen molar-refractivity contribution in [3.8, 4) is 0 Å². The summed E-state index contributed by atoms with van der Waals surface area (Å²) in [5, 5.41) is 0. The summed E-state index contributed by atoms with van der Waals surface area (Å²) in [6.07, 6.45) is 0.841. The first-order chi connectivity index (χ1) is 9.08. The first-order valence-electron chi connectivity index (χ1n) is 6.55. The third-order valence-electron chi connectivity index (χ3n) is 3.20. The Labute approximate surface area is 114 Å². The standard InChI is InChI=1S/C16H21N3/c1-11-5-4-6-14(8-11)10-16(19-17)15-9-12(2)7-13(3)18-15/h4-9,16,19H,10,17H2,1-3H3. The molecule has 1 atom stereocenters. The molecule has 100 valence electrons. The average molecular weight is 255 g/mol. The van der Waals surface area contributed by atoms with Gasteiger partial charge in [-0.2, -0.15) is 0 Å². The molecule has 0 saturated heterocycles. The molecule has 3 N–H and O–H groups in total. The van der Waals surface area contributed by atoms with E-state index in [-0.39, 0.29) is 6.04 Å². The van der Waals surface area contributed by atoms with Crippen molar-refractivity contribution in [3.05, 3.63) is 64.5 Å². The topological polar surface area (TPSA) is 50.9 Å². The molecule has 0 radical (unpaired) electrons. The maximum atomic E-state index is 5.70. The molecule has 1 unspecified atom stereocenters. The molecule has 0 aliphatic heterocycles. The lowest BCUT2D eigenvalue weighted by Gasteiger charge is -2.17. The Kier molecular flexibility index (Phi) is 4.30. The quantitative estimate of drug-likeness (QED) is 0.652. The van der Waals surface area contributed by atoms with Gasteiger partial charge < -0.3 is 0 Å². The van der Waals surface area contributed by atoms with Crippen LogP contribution in [0, 0.1) is 20.8 Å². The highest BCUT2D eigenvalue weighted by molar-refractivity contribution is 5.26. The van der Waals surface area contributed by atoms with E-state index in [0.29, 0.717) is 0 Å². The van der Waals surface area contributed by atoms with Crippen molar-refractivity contribution in [2.24, 2.45) is 5.84 Å². The first-order valence-corrected chi connectivity index (χ1v) is 6.55. The Morgan fingerprint density at radius 2 is 1.89 bits per heavy atom. The van der Waals surface area contributed by atoms with Crippen LogP contribution in [0.25, 0.3) is 0 Å². The molecule has 0 fully saturated rings. The largest absolute Gasteiger partial charge is 0.271 e. The summed E-state index contributed by atoms with van der Waals surface area (Å²) < 4.78 is 0. The molecule has 0 aliphatic rings. The minimum atomic E-state index is 0.0420. The Bertz CT molecular complexity index is 543. The van der Waals surface area contributed by atoms with Crippen LogP contribution < -0.4 is 11.3 Å². The molecule has 1 aromatic heterocycles. The highest BCUT2D eigenvalue weighted by Gasteiger charge is 2.13. The van der Waals surface area contributed by atoms with Gasteiger partial charge in [0, 0.05) is 5.69 Å². The van der Waals surface area contributed by atoms with Gasteiger partial charge in [0.05, 0.1) is 11.7 Å². The summed E-state index contributed by atoms with van der Waals surface area (Å²) in [4.78, 5) is 4.58. The normalized spacial score (nSPS) is 12.4. The van der Waals surface area contributed by atoms with Crippen molar-refractivity contribution in [3.63, 3.8) is 0 Å². The third-order valence-corrected chi connectivity index (χ3v) is 3.20. The maximum absolute atomic E-state index is 5.70. The number of hydrazine groups is 1. The summed E-state index contributed by atoms with van der Waals surface area (Å²) >= 11 is 0. The fourth-order valence-electron chi connectivity index (χ4n) is 2.37. The number of rotatable bonds is 4. The zero-order valence-corrected chi connectivity index (χ0v) is 11.8. The molecule has 1 aromatic carbocycles. The summed E-state index contributed by atoms with van der Waals surface area (Å²) in [6.45, 7) is 6.19. The van der Waals surface area contributed by atoms with Gasteiger partial charge in [0.15, 0.2) is 0 Å². The number of hydrogen-bond donors (Lipinski definition) is 2. The van der Waals surface area contributed by atoms with Crippen molar-refractivity contribution in [2.45, 2.75) is 33.2 Å². The number of pyridine rings is 1. The number of aromatic nitrogens is 1. The minimum Gasteiger partial charge on any atom is -0.271 e. The third kappa shape index (κ3) is 3.63. The molecule has 0 bridgehead atoms. The molecule has 2 aromatic rings. The van der Waals surface area contributed by atoms with E-state index in [1.807, 2.05) is 6.92 Å². The van der Waals surface area contributed by atoms with Crippen LogP contribution in [0.1, 0.15) is 34.1 Å². The van der Waals surface area contributed by atoms with E-state index in [0.717, 1.165) is 17.8 Å². The van der Waals surface area contributed by atoms with Crippen LogP contribution in [-0.2, 0) is 6.42 Å². The van der Waals surface area contributed by atoms with Crippen molar-refractivity contribution < 1.29 is 0 Å². The minimum absolute atomic E-state index is 0.0420. The lowest BCUT2D eigenvalue weighted by molar-refractivity contribution is 0.537. The highest BCUT2D eigenvalue weighted by Crippen LogP contribution is 2.18. The predicted octanol–water partition coefficient (Wildman–Crippen LogP) is 2.75. The molecule has 0 spiro atoms. The smallest absolute Gasteiger partial charge is 0.0672 e. The van der Waals surface area contributed by atoms with Crippen LogP contribution in [0.2, 0.25) is 0 Å². The molecule has 0 amide bonds. The van der Waals surface area contributed by atoms with Crippen molar-refractivity contribution in [2.75, 3.05) is 0 Å². The van der Waals surface area contributed by atoms with E-state index in [2.05, 4.69) is 60.7 Å². The fraction of sp³-hybridized carbons (Fsp3) is 0.312. The second-order valence-corrected chi connectivity index (χ2v) is 5.12. The van der Waals surface area contributed by atoms with E-state index in [1.54, 1.807) is 0 Å². The number of benzene rings is 1. The highest BCUT2D eigenvalue weighted by atomic mass is 15.2. The summed E-state index contributed by atoms with van der Waals surface area (Å²) in [6, 6.07) is 12.7. The van der Waals surface area contributed by atoms with Crippen LogP contribution >= 0.6 is 0 Å². The van der Waals surface area contributed by atoms with Gasteiger partial charge in [0.25, 0.3) is 0 Å². The number of aryl methyl sites for hydroxylation is 3. The van der Waals surface area contributed by atoms with E-state index in [4.69, 9.17) is 5.84 Å². The SMILES string of the molecule is Cc1cccc(CC(NN)c2cc(C)cc(C)n2)c1. The Balaban J connectivity index is 2.24. The molecule has 1 heterocycles. The second-order valence-electron chi connectivity index (χ2n) is 5.12. The van der Waals surface area contributed by atoms with Gasteiger partial charge in [0.2, 0.25) is 0 Å². The van der Waals surface area contributed by atoms with E-state index >= 15 is 0 Å². The van der Waals surface area contributed by atoms with Gasteiger partial charge >= 0.3 is 0 Å². The molecule has 3 nitrogen and oxygen atoms in total. The van der Waals surface area contributed by atoms with Crippen LogP contribution in [-0.4, -0.2) is 4.98 Å². The molecule has 0 aliphatic carbocycles. The average Bonchev–Trinajstić information content (AvgIpc) is 2.34. The van der Waals surface area contributed by atoms with Crippen LogP contribution in [0.5, 0.6) is 0 Å². The molecule has 2 rings (SSSR count). The van der Waals surface area contributed by atoms with Crippen LogP contribution in [0.15, 0.2) is 36.4 Å². The maximum Gasteiger partial charge on any atom is 0.0672 e. The van der Waals surface area contributed by atoms with Gasteiger partial charge in [-0.15, -0.1) is 0 Å². The molecule has 19 heavy (non-hydrogen) atoms. The van der Waals surface area contributed by atoms with Crippen molar-refractivity contribution >= 4 is 0 Å². The van der Waals surface area contributed by atoms with Crippen LogP contribution in [0.3, 0.4) is 0 Å². The lowest BCUT2D eigenvalue weighted by atomic mass is 10.0. The fourth-order valence-corrected chi connectivity index (χ4v) is 2.37. The molecular weight excluding hydrogens is 234 g/mol. The Hall–Kier alpha value is -1.71. The zero-order valence-electron chi connectivity index (χ0n) is 11.8. The summed E-state index contributed by atoms with van der Waals surface area (Å²) in [5.41, 5.74) is 8.65. The summed E-state index contributed by atoms with van der Waals surface area (Å²) in [7, 11) is 0. The van der Waals surface area contributed by atoms with E-state index in [1.165, 1.54) is 16.7 Å². The Morgan fingerprint density at radius 1 is 1.11 bits per heavy atom. The van der Waals surface area contributed by atoms with Crippen LogP contribution in [0.4, 0.5) is 0 Å². The number of hydrogen-bond acceptors (Lipinski definition) is 3. The lowest BCUT2D eigenvalue weighted by Crippen LogP contribution is -2.30. The summed E-state index contributed by atoms with van der Waals surface area (Å²) in [5.74, 6) is 5.70. The predicted molar refractivity (Wildman–Crippen MR) is 78.7 cm³/mol. The van der Waals surface area contributed by atoms with Gasteiger partial charge in [0.1, 0.15) is 0 Å². The number of nitrogens with two attached hydrogens (primary N) is 1. The monoisotopic (exact) mass is 255 g/mol. The van der Waals surface area contributed by atoms with Crippen molar-refractivity contribution in [1.82, 2.24) is 10.4 Å². The van der Waals surface area contributed by atoms with E-state index < -0.39 is 0 Å². The molecular formula is C16H21N3. The van der Waals surface area contributed by atoms with Crippen molar-refractivity contribution in [1.29, 1.82) is 0 Å². The number of nitrogens with one attached hydrogen (secondary N) is 1. The second kappa shape index (κ2) is 5.95. The zero-order chi connectivity index (χ0) is 13.8. The molecule has 3 heteroatoms. The van der Waals surface area contributed by atoms with Gasteiger partial charge in [-0.05, 0) is 50.5 Å².